The van der Waals surface area contributed by atoms with Gasteiger partial charge in [-0.15, -0.1) is 0 Å². The van der Waals surface area contributed by atoms with Crippen LogP contribution >= 0.6 is 0 Å². The summed E-state index contributed by atoms with van der Waals surface area (Å²) in [5, 5.41) is 0.352. The van der Waals surface area contributed by atoms with E-state index in [0.717, 1.165) is 12.1 Å². The van der Waals surface area contributed by atoms with Gasteiger partial charge in [0, 0.05) is 11.4 Å². The smallest absolute Gasteiger partial charge is 0.323 e. The second-order valence-electron chi connectivity index (χ2n) is 4.17. The van der Waals surface area contributed by atoms with Crippen LogP contribution in [-0.4, -0.2) is 9.97 Å². The van der Waals surface area contributed by atoms with Crippen LogP contribution in [0, 0.1) is 6.92 Å². The van der Waals surface area contributed by atoms with Gasteiger partial charge in [0.1, 0.15) is 5.82 Å². The highest BCUT2D eigenvalue weighted by Crippen LogP contribution is 2.32. The van der Waals surface area contributed by atoms with E-state index in [1.807, 2.05) is 0 Å². The molecule has 1 heterocycles. The zero-order valence-electron chi connectivity index (χ0n) is 9.92. The molecule has 2 rings (SSSR count). The number of aromatic nitrogens is 2. The van der Waals surface area contributed by atoms with Gasteiger partial charge in [-0.1, -0.05) is 0 Å². The van der Waals surface area contributed by atoms with Crippen LogP contribution in [0.5, 0.6) is 0 Å². The van der Waals surface area contributed by atoms with Crippen molar-refractivity contribution in [2.75, 3.05) is 0 Å². The van der Waals surface area contributed by atoms with Crippen molar-refractivity contribution in [3.63, 3.8) is 0 Å². The second kappa shape index (κ2) is 4.20. The minimum atomic E-state index is -4.38. The molecule has 6 heteroatoms. The van der Waals surface area contributed by atoms with Gasteiger partial charge >= 0.3 is 6.18 Å². The number of aryl methyl sites for hydroxylation is 1. The van der Waals surface area contributed by atoms with Gasteiger partial charge in [-0.2, -0.15) is 13.2 Å². The maximum atomic E-state index is 12.7. The largest absolute Gasteiger partial charge is 0.416 e. The van der Waals surface area contributed by atoms with E-state index in [2.05, 4.69) is 9.97 Å². The lowest BCUT2D eigenvalue weighted by Gasteiger charge is -2.12. The van der Waals surface area contributed by atoms with Crippen LogP contribution in [0.4, 0.5) is 13.2 Å². The molecule has 1 unspecified atom stereocenters. The van der Waals surface area contributed by atoms with Gasteiger partial charge in [0.2, 0.25) is 0 Å². The van der Waals surface area contributed by atoms with Crippen LogP contribution in [-0.2, 0) is 6.18 Å². The molecule has 0 aliphatic rings. The van der Waals surface area contributed by atoms with E-state index in [1.165, 1.54) is 6.07 Å². The van der Waals surface area contributed by atoms with E-state index < -0.39 is 17.8 Å². The Hall–Kier alpha value is -1.69. The molecule has 0 fully saturated rings. The van der Waals surface area contributed by atoms with Gasteiger partial charge in [0.25, 0.3) is 0 Å². The number of halogens is 3. The van der Waals surface area contributed by atoms with Crippen molar-refractivity contribution in [2.45, 2.75) is 26.1 Å². The van der Waals surface area contributed by atoms with Crippen molar-refractivity contribution in [1.29, 1.82) is 0 Å². The monoisotopic (exact) mass is 255 g/mol. The molecule has 3 nitrogen and oxygen atoms in total. The molecule has 0 bridgehead atoms. The minimum absolute atomic E-state index is 0.352. The third kappa shape index (κ3) is 2.28. The zero-order valence-corrected chi connectivity index (χ0v) is 9.92. The third-order valence-electron chi connectivity index (χ3n) is 2.60. The summed E-state index contributed by atoms with van der Waals surface area (Å²) in [5.41, 5.74) is 5.93. The van der Waals surface area contributed by atoms with Crippen molar-refractivity contribution in [3.8, 4) is 0 Å². The van der Waals surface area contributed by atoms with Crippen molar-refractivity contribution in [2.24, 2.45) is 5.73 Å². The Labute approximate surface area is 102 Å². The van der Waals surface area contributed by atoms with Crippen LogP contribution in [0.1, 0.15) is 30.0 Å². The lowest BCUT2D eigenvalue weighted by molar-refractivity contribution is -0.137. The van der Waals surface area contributed by atoms with Crippen molar-refractivity contribution in [3.05, 3.63) is 35.3 Å². The van der Waals surface area contributed by atoms with Crippen LogP contribution in [0.2, 0.25) is 0 Å². The Kier molecular flexibility index (Phi) is 2.98. The Balaban J connectivity index is 2.75. The highest BCUT2D eigenvalue weighted by Gasteiger charge is 2.31. The summed E-state index contributed by atoms with van der Waals surface area (Å²) < 4.78 is 38.0. The first-order chi connectivity index (χ1) is 8.29. The highest BCUT2D eigenvalue weighted by molar-refractivity contribution is 5.82. The molecule has 0 saturated heterocycles. The minimum Gasteiger partial charge on any atom is -0.323 e. The van der Waals surface area contributed by atoms with Crippen LogP contribution in [0.25, 0.3) is 10.9 Å². The molecule has 0 aliphatic heterocycles. The van der Waals surface area contributed by atoms with E-state index in [4.69, 9.17) is 5.73 Å². The number of rotatable bonds is 1. The number of fused-ring (bicyclic) bond motifs is 1. The van der Waals surface area contributed by atoms with E-state index in [9.17, 15) is 13.2 Å². The lowest BCUT2D eigenvalue weighted by Crippen LogP contribution is -2.11. The fourth-order valence-corrected chi connectivity index (χ4v) is 1.80. The zero-order chi connectivity index (χ0) is 13.5. The quantitative estimate of drug-likeness (QED) is 0.852. The van der Waals surface area contributed by atoms with Crippen molar-refractivity contribution < 1.29 is 13.2 Å². The summed E-state index contributed by atoms with van der Waals surface area (Å²) in [7, 11) is 0. The maximum Gasteiger partial charge on any atom is 0.416 e. The fraction of sp³-hybridized carbons (Fsp3) is 0.333. The van der Waals surface area contributed by atoms with Gasteiger partial charge in [-0.25, -0.2) is 9.97 Å². The summed E-state index contributed by atoms with van der Waals surface area (Å²) in [5.74, 6) is 0.495. The van der Waals surface area contributed by atoms with E-state index in [1.54, 1.807) is 13.8 Å². The summed E-state index contributed by atoms with van der Waals surface area (Å²) in [6.45, 7) is 3.37. The molecule has 1 aromatic carbocycles. The van der Waals surface area contributed by atoms with Crippen LogP contribution in [0.3, 0.4) is 0 Å². The topological polar surface area (TPSA) is 51.8 Å². The first-order valence-corrected chi connectivity index (χ1v) is 5.40. The standard InChI is InChI=1S/C12H12F3N3/c1-6(16)11-9-5-8(12(13,14)15)3-4-10(9)17-7(2)18-11/h3-6H,16H2,1-2H3. The molecule has 96 valence electrons. The molecule has 0 saturated carbocycles. The average molecular weight is 255 g/mol. The van der Waals surface area contributed by atoms with Crippen LogP contribution in [0.15, 0.2) is 18.2 Å². The summed E-state index contributed by atoms with van der Waals surface area (Å²) in [6.07, 6.45) is -4.38. The molecule has 2 aromatic rings. The predicted molar refractivity (Wildman–Crippen MR) is 61.9 cm³/mol. The van der Waals surface area contributed by atoms with Crippen molar-refractivity contribution in [1.82, 2.24) is 9.97 Å². The maximum absolute atomic E-state index is 12.7. The number of hydrogen-bond acceptors (Lipinski definition) is 3. The van der Waals surface area contributed by atoms with Gasteiger partial charge in [-0.3, -0.25) is 0 Å². The lowest BCUT2D eigenvalue weighted by atomic mass is 10.1. The third-order valence-corrected chi connectivity index (χ3v) is 2.60. The molecule has 0 amide bonds. The molecule has 0 spiro atoms. The first-order valence-electron chi connectivity index (χ1n) is 5.40. The summed E-state index contributed by atoms with van der Waals surface area (Å²) >= 11 is 0. The molecular weight excluding hydrogens is 243 g/mol. The van der Waals surface area contributed by atoms with E-state index >= 15 is 0 Å². The molecule has 0 aliphatic carbocycles. The molecule has 1 atom stereocenters. The normalized spacial score (nSPS) is 13.9. The number of nitrogens with two attached hydrogens (primary N) is 1. The number of alkyl halides is 3. The summed E-state index contributed by atoms with van der Waals surface area (Å²) in [6, 6.07) is 2.96. The molecule has 1 aromatic heterocycles. The van der Waals surface area contributed by atoms with Crippen LogP contribution < -0.4 is 5.73 Å². The number of hydrogen-bond donors (Lipinski definition) is 1. The van der Waals surface area contributed by atoms with E-state index in [0.29, 0.717) is 22.4 Å². The molecule has 2 N–H and O–H groups in total. The predicted octanol–water partition coefficient (Wildman–Crippen LogP) is 2.98. The Bertz CT molecular complexity index is 591. The first kappa shape index (κ1) is 12.8. The Morgan fingerprint density at radius 3 is 2.44 bits per heavy atom. The van der Waals surface area contributed by atoms with Gasteiger partial charge in [-0.05, 0) is 32.0 Å². The van der Waals surface area contributed by atoms with Gasteiger partial charge in [0.05, 0.1) is 16.8 Å². The fourth-order valence-electron chi connectivity index (χ4n) is 1.80. The van der Waals surface area contributed by atoms with Crippen molar-refractivity contribution >= 4 is 10.9 Å². The van der Waals surface area contributed by atoms with Gasteiger partial charge in [0.15, 0.2) is 0 Å². The second-order valence-corrected chi connectivity index (χ2v) is 4.17. The van der Waals surface area contributed by atoms with E-state index in [-0.39, 0.29) is 0 Å². The Morgan fingerprint density at radius 2 is 1.89 bits per heavy atom. The number of nitrogens with zero attached hydrogens (tertiary/aromatic N) is 2. The average Bonchev–Trinajstić information content (AvgIpc) is 2.25. The number of benzene rings is 1. The van der Waals surface area contributed by atoms with Gasteiger partial charge < -0.3 is 5.73 Å². The SMILES string of the molecule is Cc1nc(C(C)N)c2cc(C(F)(F)F)ccc2n1. The molecule has 0 radical (unpaired) electrons. The molecular formula is C12H12F3N3. The summed E-state index contributed by atoms with van der Waals surface area (Å²) in [4.78, 5) is 8.23. The Morgan fingerprint density at radius 1 is 1.22 bits per heavy atom. The molecule has 18 heavy (non-hydrogen) atoms. The highest BCUT2D eigenvalue weighted by atomic mass is 19.4.